The van der Waals surface area contributed by atoms with Crippen LogP contribution in [-0.4, -0.2) is 0 Å². The van der Waals surface area contributed by atoms with Crippen molar-refractivity contribution in [1.29, 1.82) is 0 Å². The second-order valence-corrected chi connectivity index (χ2v) is 6.15. The minimum atomic E-state index is -0.316. The van der Waals surface area contributed by atoms with Crippen LogP contribution in [0.5, 0.6) is 5.75 Å². The molecule has 0 fully saturated rings. The quantitative estimate of drug-likeness (QED) is 0.920. The van der Waals surface area contributed by atoms with Crippen LogP contribution < -0.4 is 10.5 Å². The van der Waals surface area contributed by atoms with Crippen LogP contribution in [-0.2, 0) is 13.2 Å². The molecule has 5 heteroatoms. The summed E-state index contributed by atoms with van der Waals surface area (Å²) in [6, 6.07) is 6.55. The van der Waals surface area contributed by atoms with E-state index < -0.39 is 0 Å². The van der Waals surface area contributed by atoms with Crippen LogP contribution in [0.15, 0.2) is 28.7 Å². The molecule has 1 aromatic carbocycles. The Morgan fingerprint density at radius 2 is 2.11 bits per heavy atom. The van der Waals surface area contributed by atoms with Gasteiger partial charge in [0.1, 0.15) is 18.2 Å². The first-order valence-corrected chi connectivity index (χ1v) is 7.06. The van der Waals surface area contributed by atoms with Gasteiger partial charge in [0.15, 0.2) is 0 Å². The Bertz CT molecular complexity index is 536. The first-order chi connectivity index (χ1) is 8.58. The van der Waals surface area contributed by atoms with Gasteiger partial charge in [-0.05, 0) is 25.1 Å². The first-order valence-electron chi connectivity index (χ1n) is 5.45. The Balaban J connectivity index is 2.08. The molecule has 2 aromatic rings. The molecule has 96 valence electrons. The van der Waals surface area contributed by atoms with Crippen molar-refractivity contribution in [2.45, 2.75) is 20.1 Å². The predicted molar refractivity (Wildman–Crippen MR) is 75.4 cm³/mol. The summed E-state index contributed by atoms with van der Waals surface area (Å²) < 4.78 is 19.4. The molecule has 0 bridgehead atoms. The first kappa shape index (κ1) is 13.5. The number of halogens is 2. The topological polar surface area (TPSA) is 35.2 Å². The van der Waals surface area contributed by atoms with E-state index in [9.17, 15) is 4.39 Å². The number of aryl methyl sites for hydroxylation is 1. The largest absolute Gasteiger partial charge is 0.489 e. The van der Waals surface area contributed by atoms with Crippen LogP contribution in [0, 0.1) is 12.7 Å². The van der Waals surface area contributed by atoms with Gasteiger partial charge in [0, 0.05) is 32.4 Å². The molecule has 0 saturated carbocycles. The number of ether oxygens (including phenoxy) is 1. The van der Waals surface area contributed by atoms with Crippen molar-refractivity contribution >= 4 is 27.3 Å². The van der Waals surface area contributed by atoms with Gasteiger partial charge in [-0.25, -0.2) is 4.39 Å². The summed E-state index contributed by atoms with van der Waals surface area (Å²) in [5.74, 6) is 0.200. The second kappa shape index (κ2) is 5.82. The molecule has 1 aromatic heterocycles. The molecular formula is C13H13BrFNOS. The maximum absolute atomic E-state index is 13.2. The Kier molecular flexibility index (Phi) is 4.37. The van der Waals surface area contributed by atoms with E-state index in [1.807, 2.05) is 13.0 Å². The highest BCUT2D eigenvalue weighted by Crippen LogP contribution is 2.25. The van der Waals surface area contributed by atoms with E-state index in [1.54, 1.807) is 17.4 Å². The highest BCUT2D eigenvalue weighted by Gasteiger charge is 2.06. The molecule has 0 aliphatic carbocycles. The van der Waals surface area contributed by atoms with Gasteiger partial charge >= 0.3 is 0 Å². The lowest BCUT2D eigenvalue weighted by Crippen LogP contribution is -1.96. The third-order valence-electron chi connectivity index (χ3n) is 2.50. The van der Waals surface area contributed by atoms with Crippen molar-refractivity contribution in [3.05, 3.63) is 49.9 Å². The fraction of sp³-hybridized carbons (Fsp3) is 0.231. The van der Waals surface area contributed by atoms with Crippen molar-refractivity contribution in [2.75, 3.05) is 0 Å². The van der Waals surface area contributed by atoms with Gasteiger partial charge in [0.05, 0.1) is 0 Å². The molecule has 2 rings (SSSR count). The Hall–Kier alpha value is -0.910. The standard InChI is InChI=1S/C13H13BrFNOS/c1-8-9(2-13(6-16)18-8)7-17-12-4-10(14)3-11(15)5-12/h2-5H,6-7,16H2,1H3. The molecule has 0 aliphatic heterocycles. The number of rotatable bonds is 4. The van der Waals surface area contributed by atoms with E-state index in [4.69, 9.17) is 10.5 Å². The van der Waals surface area contributed by atoms with Crippen LogP contribution >= 0.6 is 27.3 Å². The summed E-state index contributed by atoms with van der Waals surface area (Å²) in [4.78, 5) is 2.32. The van der Waals surface area contributed by atoms with Gasteiger partial charge in [0.2, 0.25) is 0 Å². The van der Waals surface area contributed by atoms with Gasteiger partial charge in [-0.1, -0.05) is 15.9 Å². The van der Waals surface area contributed by atoms with Crippen LogP contribution in [0.25, 0.3) is 0 Å². The summed E-state index contributed by atoms with van der Waals surface area (Å²) in [6.45, 7) is 3.00. The lowest BCUT2D eigenvalue weighted by Gasteiger charge is -2.06. The van der Waals surface area contributed by atoms with Gasteiger partial charge < -0.3 is 10.5 Å². The number of hydrogen-bond acceptors (Lipinski definition) is 3. The minimum absolute atomic E-state index is 0.316. The van der Waals surface area contributed by atoms with Crippen LogP contribution in [0.1, 0.15) is 15.3 Å². The molecule has 0 saturated heterocycles. The van der Waals surface area contributed by atoms with Crippen molar-refractivity contribution in [3.8, 4) is 5.75 Å². The van der Waals surface area contributed by atoms with E-state index in [2.05, 4.69) is 15.9 Å². The molecule has 2 nitrogen and oxygen atoms in total. The SMILES string of the molecule is Cc1sc(CN)cc1COc1cc(F)cc(Br)c1. The number of hydrogen-bond donors (Lipinski definition) is 1. The fourth-order valence-electron chi connectivity index (χ4n) is 1.60. The highest BCUT2D eigenvalue weighted by molar-refractivity contribution is 9.10. The van der Waals surface area contributed by atoms with Crippen molar-refractivity contribution < 1.29 is 9.13 Å². The van der Waals surface area contributed by atoms with Crippen molar-refractivity contribution in [2.24, 2.45) is 5.73 Å². The van der Waals surface area contributed by atoms with E-state index in [-0.39, 0.29) is 5.82 Å². The Morgan fingerprint density at radius 1 is 1.33 bits per heavy atom. The zero-order chi connectivity index (χ0) is 13.1. The van der Waals surface area contributed by atoms with Crippen molar-refractivity contribution in [3.63, 3.8) is 0 Å². The molecule has 1 heterocycles. The van der Waals surface area contributed by atoms with E-state index >= 15 is 0 Å². The normalized spacial score (nSPS) is 10.7. The van der Waals surface area contributed by atoms with Crippen LogP contribution in [0.2, 0.25) is 0 Å². The summed E-state index contributed by atoms with van der Waals surface area (Å²) in [5.41, 5.74) is 6.69. The van der Waals surface area contributed by atoms with Crippen molar-refractivity contribution in [1.82, 2.24) is 0 Å². The van der Waals surface area contributed by atoms with Crippen LogP contribution in [0.4, 0.5) is 4.39 Å². The maximum atomic E-state index is 13.2. The minimum Gasteiger partial charge on any atom is -0.489 e. The summed E-state index contributed by atoms with van der Waals surface area (Å²) in [6.07, 6.45) is 0. The molecule has 0 unspecified atom stereocenters. The zero-order valence-electron chi connectivity index (χ0n) is 9.87. The predicted octanol–water partition coefficient (Wildman–Crippen LogP) is 4.00. The summed E-state index contributed by atoms with van der Waals surface area (Å²) in [7, 11) is 0. The maximum Gasteiger partial charge on any atom is 0.128 e. The summed E-state index contributed by atoms with van der Waals surface area (Å²) >= 11 is 4.90. The lowest BCUT2D eigenvalue weighted by molar-refractivity contribution is 0.304. The van der Waals surface area contributed by atoms with Crippen LogP contribution in [0.3, 0.4) is 0 Å². The second-order valence-electron chi connectivity index (χ2n) is 3.89. The number of benzene rings is 1. The average molecular weight is 330 g/mol. The monoisotopic (exact) mass is 329 g/mol. The van der Waals surface area contributed by atoms with Gasteiger partial charge in [0.25, 0.3) is 0 Å². The Morgan fingerprint density at radius 3 is 2.72 bits per heavy atom. The third kappa shape index (κ3) is 3.31. The zero-order valence-corrected chi connectivity index (χ0v) is 12.3. The Labute approximate surface area is 118 Å². The molecule has 0 atom stereocenters. The molecule has 2 N–H and O–H groups in total. The van der Waals surface area contributed by atoms with Gasteiger partial charge in [-0.2, -0.15) is 0 Å². The fourth-order valence-corrected chi connectivity index (χ4v) is 2.98. The lowest BCUT2D eigenvalue weighted by atomic mass is 10.2. The number of thiophene rings is 1. The molecule has 0 amide bonds. The average Bonchev–Trinajstić information content (AvgIpc) is 2.66. The van der Waals surface area contributed by atoms with Gasteiger partial charge in [-0.3, -0.25) is 0 Å². The molecule has 0 aliphatic rings. The molecule has 0 radical (unpaired) electrons. The summed E-state index contributed by atoms with van der Waals surface area (Å²) in [5, 5.41) is 0. The van der Waals surface area contributed by atoms with E-state index in [0.29, 0.717) is 23.4 Å². The molecule has 18 heavy (non-hydrogen) atoms. The van der Waals surface area contributed by atoms with Gasteiger partial charge in [-0.15, -0.1) is 11.3 Å². The molecule has 0 spiro atoms. The number of nitrogens with two attached hydrogens (primary N) is 1. The molecular weight excluding hydrogens is 317 g/mol. The highest BCUT2D eigenvalue weighted by atomic mass is 79.9. The van der Waals surface area contributed by atoms with E-state index in [1.165, 1.54) is 17.0 Å². The van der Waals surface area contributed by atoms with E-state index in [0.717, 1.165) is 10.4 Å². The third-order valence-corrected chi connectivity index (χ3v) is 4.08. The smallest absolute Gasteiger partial charge is 0.128 e.